The number of fused-ring (bicyclic) bond motifs is 3. The van der Waals surface area contributed by atoms with E-state index in [4.69, 9.17) is 9.72 Å². The second-order valence-electron chi connectivity index (χ2n) is 6.29. The number of hydrogen-bond acceptors (Lipinski definition) is 5. The Labute approximate surface area is 174 Å². The van der Waals surface area contributed by atoms with Gasteiger partial charge in [0.1, 0.15) is 10.6 Å². The lowest BCUT2D eigenvalue weighted by Crippen LogP contribution is -2.23. The number of aromatic nitrogens is 2. The minimum absolute atomic E-state index is 0.0654. The molecule has 0 aliphatic heterocycles. The Balaban J connectivity index is 1.53. The highest BCUT2D eigenvalue weighted by Gasteiger charge is 2.23. The number of allylic oxidation sites excluding steroid dienone is 1. The number of rotatable bonds is 7. The first-order chi connectivity index (χ1) is 13.2. The van der Waals surface area contributed by atoms with Crippen molar-refractivity contribution in [1.82, 2.24) is 9.55 Å². The third kappa shape index (κ3) is 3.86. The van der Waals surface area contributed by atoms with Crippen LogP contribution in [0.2, 0.25) is 0 Å². The summed E-state index contributed by atoms with van der Waals surface area (Å²) in [6.45, 7) is 4.82. The summed E-state index contributed by atoms with van der Waals surface area (Å²) in [5, 5.41) is 1.57. The number of benzene rings is 1. The van der Waals surface area contributed by atoms with Crippen LogP contribution in [0.25, 0.3) is 10.2 Å². The fourth-order valence-corrected chi connectivity index (χ4v) is 5.67. The van der Waals surface area contributed by atoms with E-state index in [1.165, 1.54) is 10.4 Å². The van der Waals surface area contributed by atoms with Crippen LogP contribution in [-0.2, 0) is 19.4 Å². The van der Waals surface area contributed by atoms with Gasteiger partial charge in [0.15, 0.2) is 5.16 Å². The fourth-order valence-electron chi connectivity index (χ4n) is 3.28. The summed E-state index contributed by atoms with van der Waals surface area (Å²) in [5.41, 5.74) is 1.29. The van der Waals surface area contributed by atoms with Gasteiger partial charge in [-0.15, -0.1) is 17.9 Å². The zero-order chi connectivity index (χ0) is 18.8. The number of ether oxygens (including phenoxy) is 1. The molecule has 0 atom stereocenters. The largest absolute Gasteiger partial charge is 0.493 e. The molecule has 1 aliphatic carbocycles. The average molecular weight is 463 g/mol. The molecule has 2 heterocycles. The molecule has 0 N–H and O–H groups in total. The maximum absolute atomic E-state index is 13.1. The van der Waals surface area contributed by atoms with Crippen molar-refractivity contribution in [2.75, 3.05) is 12.4 Å². The standard InChI is InChI=1S/C20H19BrN2O2S2/c1-2-10-23-19(24)17-15-4-3-5-16(15)27-18(17)22-20(23)26-12-11-25-14-8-6-13(21)7-9-14/h2,6-9H,1,3-5,10-12H2. The van der Waals surface area contributed by atoms with Crippen LogP contribution in [0, 0.1) is 0 Å². The molecule has 7 heteroatoms. The average Bonchev–Trinajstić information content (AvgIpc) is 3.24. The van der Waals surface area contributed by atoms with Gasteiger partial charge < -0.3 is 4.74 Å². The monoisotopic (exact) mass is 462 g/mol. The summed E-state index contributed by atoms with van der Waals surface area (Å²) in [6.07, 6.45) is 4.96. The van der Waals surface area contributed by atoms with Crippen LogP contribution in [0.3, 0.4) is 0 Å². The molecule has 0 bridgehead atoms. The molecule has 3 aromatic rings. The minimum Gasteiger partial charge on any atom is -0.493 e. The zero-order valence-corrected chi connectivity index (χ0v) is 18.0. The number of thioether (sulfide) groups is 1. The van der Waals surface area contributed by atoms with Crippen molar-refractivity contribution >= 4 is 49.2 Å². The lowest BCUT2D eigenvalue weighted by molar-refractivity contribution is 0.343. The lowest BCUT2D eigenvalue weighted by Gasteiger charge is -2.11. The Morgan fingerprint density at radius 1 is 1.33 bits per heavy atom. The number of thiophene rings is 1. The van der Waals surface area contributed by atoms with Crippen LogP contribution in [0.1, 0.15) is 16.9 Å². The van der Waals surface area contributed by atoms with Gasteiger partial charge in [0, 0.05) is 21.6 Å². The molecule has 27 heavy (non-hydrogen) atoms. The van der Waals surface area contributed by atoms with Gasteiger partial charge in [0.05, 0.1) is 12.0 Å². The number of halogens is 1. The quantitative estimate of drug-likeness (QED) is 0.213. The van der Waals surface area contributed by atoms with Gasteiger partial charge in [-0.05, 0) is 49.1 Å². The van der Waals surface area contributed by atoms with E-state index in [1.807, 2.05) is 24.3 Å². The molecule has 4 rings (SSSR count). The molecule has 0 amide bonds. The summed E-state index contributed by atoms with van der Waals surface area (Å²) in [7, 11) is 0. The molecule has 0 unspecified atom stereocenters. The van der Waals surface area contributed by atoms with Crippen molar-refractivity contribution in [1.29, 1.82) is 0 Å². The Kier molecular flexibility index (Phi) is 5.71. The highest BCUT2D eigenvalue weighted by molar-refractivity contribution is 9.10. The number of hydrogen-bond donors (Lipinski definition) is 0. The van der Waals surface area contributed by atoms with Crippen LogP contribution in [0.4, 0.5) is 0 Å². The molecule has 1 aromatic carbocycles. The highest BCUT2D eigenvalue weighted by atomic mass is 79.9. The smallest absolute Gasteiger partial charge is 0.263 e. The van der Waals surface area contributed by atoms with Crippen LogP contribution in [0.15, 0.2) is 51.3 Å². The molecule has 0 saturated carbocycles. The van der Waals surface area contributed by atoms with Crippen molar-refractivity contribution in [2.45, 2.75) is 31.0 Å². The van der Waals surface area contributed by atoms with Crippen molar-refractivity contribution in [3.05, 3.63) is 62.2 Å². The van der Waals surface area contributed by atoms with E-state index >= 15 is 0 Å². The molecule has 0 saturated heterocycles. The van der Waals surface area contributed by atoms with Gasteiger partial charge in [-0.1, -0.05) is 33.8 Å². The molecule has 2 aromatic heterocycles. The van der Waals surface area contributed by atoms with E-state index in [9.17, 15) is 4.79 Å². The predicted octanol–water partition coefficient (Wildman–Crippen LogP) is 5.07. The number of nitrogens with zero attached hydrogens (tertiary/aromatic N) is 2. The summed E-state index contributed by atoms with van der Waals surface area (Å²) < 4.78 is 8.54. The van der Waals surface area contributed by atoms with Crippen LogP contribution in [0.5, 0.6) is 5.75 Å². The van der Waals surface area contributed by atoms with Crippen LogP contribution < -0.4 is 10.3 Å². The fraction of sp³-hybridized carbons (Fsp3) is 0.300. The molecule has 0 fully saturated rings. The topological polar surface area (TPSA) is 44.1 Å². The normalized spacial score (nSPS) is 13.1. The molecule has 0 radical (unpaired) electrons. The summed E-state index contributed by atoms with van der Waals surface area (Å²) in [4.78, 5) is 20.1. The van der Waals surface area contributed by atoms with Gasteiger partial charge >= 0.3 is 0 Å². The molecular weight excluding hydrogens is 444 g/mol. The van der Waals surface area contributed by atoms with Crippen LogP contribution >= 0.6 is 39.0 Å². The second kappa shape index (κ2) is 8.20. The third-order valence-electron chi connectivity index (χ3n) is 4.50. The van der Waals surface area contributed by atoms with Gasteiger partial charge in [0.2, 0.25) is 0 Å². The first-order valence-electron chi connectivity index (χ1n) is 8.84. The third-order valence-corrected chi connectivity index (χ3v) is 7.15. The molecule has 0 spiro atoms. The number of aryl methyl sites for hydroxylation is 2. The zero-order valence-electron chi connectivity index (χ0n) is 14.7. The molecular formula is C20H19BrN2O2S2. The summed E-state index contributed by atoms with van der Waals surface area (Å²) in [6, 6.07) is 7.77. The van der Waals surface area contributed by atoms with Crippen LogP contribution in [-0.4, -0.2) is 21.9 Å². The predicted molar refractivity (Wildman–Crippen MR) is 116 cm³/mol. The Hall–Kier alpha value is -1.57. The van der Waals surface area contributed by atoms with E-state index in [0.717, 1.165) is 50.6 Å². The Bertz CT molecular complexity index is 1040. The van der Waals surface area contributed by atoms with Gasteiger partial charge in [-0.25, -0.2) is 4.98 Å². The summed E-state index contributed by atoms with van der Waals surface area (Å²) >= 11 is 6.65. The SMILES string of the molecule is C=CCn1c(SCCOc2ccc(Br)cc2)nc2sc3c(c2c1=O)CCC3. The first kappa shape index (κ1) is 18.8. The maximum Gasteiger partial charge on any atom is 0.263 e. The molecule has 1 aliphatic rings. The first-order valence-corrected chi connectivity index (χ1v) is 11.4. The van der Waals surface area contributed by atoms with E-state index in [-0.39, 0.29) is 5.56 Å². The second-order valence-corrected chi connectivity index (χ2v) is 9.35. The minimum atomic E-state index is 0.0654. The van der Waals surface area contributed by atoms with Gasteiger partial charge in [0.25, 0.3) is 5.56 Å². The van der Waals surface area contributed by atoms with E-state index in [0.29, 0.717) is 13.2 Å². The lowest BCUT2D eigenvalue weighted by atomic mass is 10.2. The van der Waals surface area contributed by atoms with Gasteiger partial charge in [-0.3, -0.25) is 9.36 Å². The Morgan fingerprint density at radius 3 is 2.93 bits per heavy atom. The molecule has 140 valence electrons. The Morgan fingerprint density at radius 2 is 2.15 bits per heavy atom. The van der Waals surface area contributed by atoms with E-state index < -0.39 is 0 Å². The van der Waals surface area contributed by atoms with Crippen molar-refractivity contribution in [3.8, 4) is 5.75 Å². The van der Waals surface area contributed by atoms with Crippen molar-refractivity contribution in [3.63, 3.8) is 0 Å². The highest BCUT2D eigenvalue weighted by Crippen LogP contribution is 2.35. The van der Waals surface area contributed by atoms with Crippen molar-refractivity contribution < 1.29 is 4.74 Å². The molecule has 4 nitrogen and oxygen atoms in total. The van der Waals surface area contributed by atoms with E-state index in [2.05, 4.69) is 22.5 Å². The van der Waals surface area contributed by atoms with E-state index in [1.54, 1.807) is 33.7 Å². The summed E-state index contributed by atoms with van der Waals surface area (Å²) in [5.74, 6) is 1.55. The van der Waals surface area contributed by atoms with Crippen molar-refractivity contribution in [2.24, 2.45) is 0 Å². The van der Waals surface area contributed by atoms with Gasteiger partial charge in [-0.2, -0.15) is 0 Å². The maximum atomic E-state index is 13.1.